The Balaban J connectivity index is 2.92. The summed E-state index contributed by atoms with van der Waals surface area (Å²) in [5.74, 6) is 10.2. The highest BCUT2D eigenvalue weighted by molar-refractivity contribution is 5.32. The van der Waals surface area contributed by atoms with Gasteiger partial charge in [0, 0.05) is 6.61 Å². The number of aliphatic hydroxyl groups excluding tert-OH is 6. The van der Waals surface area contributed by atoms with Crippen molar-refractivity contribution in [1.82, 2.24) is 0 Å². The fraction of sp³-hybridized carbons (Fsp3) is 0.600. The van der Waals surface area contributed by atoms with Crippen LogP contribution in [0.4, 0.5) is 0 Å². The van der Waals surface area contributed by atoms with Gasteiger partial charge in [-0.2, -0.15) is 0 Å². The molecular formula is C20H28O8. The Labute approximate surface area is 164 Å². The number of rotatable bonds is 8. The summed E-state index contributed by atoms with van der Waals surface area (Å²) in [5, 5.41) is 58.2. The number of ether oxygens (including phenoxy) is 2. The van der Waals surface area contributed by atoms with Gasteiger partial charge in [0.15, 0.2) is 6.29 Å². The maximum absolute atomic E-state index is 10.3. The molecule has 1 fully saturated rings. The van der Waals surface area contributed by atoms with Gasteiger partial charge in [-0.25, -0.2) is 0 Å². The topological polar surface area (TPSA) is 140 Å². The average Bonchev–Trinajstić information content (AvgIpc) is 2.69. The standard InChI is InChI=1S/C20H28O8/c1-2-3-4-5-7-10-14(23)15(11-8-6-9-12-21)27-20-19(26)18(25)17(24)16(13-22)28-20/h2-3,8,11,14-26H,6,9,12-13H2,1H3/b3-2+,11-8+/t14-,15+,16+,17-,18-,19+,20+/m0/s1. The molecule has 6 N–H and O–H groups in total. The second kappa shape index (κ2) is 13.5. The molecule has 0 unspecified atom stereocenters. The van der Waals surface area contributed by atoms with Crippen molar-refractivity contribution in [3.63, 3.8) is 0 Å². The molecule has 0 aromatic rings. The van der Waals surface area contributed by atoms with E-state index in [1.54, 1.807) is 25.2 Å². The van der Waals surface area contributed by atoms with Crippen molar-refractivity contribution in [2.45, 2.75) is 62.7 Å². The zero-order chi connectivity index (χ0) is 20.9. The van der Waals surface area contributed by atoms with Crippen LogP contribution in [0.15, 0.2) is 24.3 Å². The fourth-order valence-corrected chi connectivity index (χ4v) is 2.35. The second-order valence-electron chi connectivity index (χ2n) is 6.08. The highest BCUT2D eigenvalue weighted by atomic mass is 16.7. The van der Waals surface area contributed by atoms with E-state index in [1.165, 1.54) is 6.08 Å². The minimum Gasteiger partial charge on any atom is -0.396 e. The van der Waals surface area contributed by atoms with E-state index in [4.69, 9.17) is 14.6 Å². The van der Waals surface area contributed by atoms with Crippen molar-refractivity contribution in [2.75, 3.05) is 13.2 Å². The summed E-state index contributed by atoms with van der Waals surface area (Å²) in [4.78, 5) is 0. The molecule has 0 bridgehead atoms. The van der Waals surface area contributed by atoms with Crippen LogP contribution in [0.5, 0.6) is 0 Å². The van der Waals surface area contributed by atoms with Crippen LogP contribution in [0.2, 0.25) is 0 Å². The number of hydrogen-bond donors (Lipinski definition) is 6. The van der Waals surface area contributed by atoms with Gasteiger partial charge in [0.05, 0.1) is 6.61 Å². The maximum Gasteiger partial charge on any atom is 0.187 e. The largest absolute Gasteiger partial charge is 0.396 e. The zero-order valence-electron chi connectivity index (χ0n) is 15.7. The normalized spacial score (nSPS) is 29.8. The molecule has 156 valence electrons. The van der Waals surface area contributed by atoms with E-state index < -0.39 is 49.5 Å². The monoisotopic (exact) mass is 396 g/mol. The Morgan fingerprint density at radius 2 is 1.86 bits per heavy atom. The highest BCUT2D eigenvalue weighted by Crippen LogP contribution is 2.23. The summed E-state index contributed by atoms with van der Waals surface area (Å²) in [6.45, 7) is 1.22. The van der Waals surface area contributed by atoms with Crippen LogP contribution >= 0.6 is 0 Å². The summed E-state index contributed by atoms with van der Waals surface area (Å²) in [6.07, 6.45) is -2.07. The molecule has 1 saturated heterocycles. The lowest BCUT2D eigenvalue weighted by atomic mass is 9.99. The minimum atomic E-state index is -1.60. The van der Waals surface area contributed by atoms with Crippen LogP contribution in [-0.4, -0.2) is 86.8 Å². The Hall–Kier alpha value is -1.72. The predicted octanol–water partition coefficient (Wildman–Crippen LogP) is -1.56. The summed E-state index contributed by atoms with van der Waals surface area (Å²) >= 11 is 0. The van der Waals surface area contributed by atoms with E-state index in [-0.39, 0.29) is 6.61 Å². The zero-order valence-corrected chi connectivity index (χ0v) is 15.7. The molecule has 0 spiro atoms. The van der Waals surface area contributed by atoms with Crippen LogP contribution in [0, 0.1) is 23.7 Å². The van der Waals surface area contributed by atoms with Crippen molar-refractivity contribution in [1.29, 1.82) is 0 Å². The molecule has 0 amide bonds. The molecule has 1 heterocycles. The molecule has 8 heteroatoms. The van der Waals surface area contributed by atoms with E-state index in [1.807, 2.05) is 0 Å². The van der Waals surface area contributed by atoms with Gasteiger partial charge < -0.3 is 40.1 Å². The van der Waals surface area contributed by atoms with Gasteiger partial charge in [-0.1, -0.05) is 30.1 Å². The van der Waals surface area contributed by atoms with Crippen molar-refractivity contribution in [2.24, 2.45) is 0 Å². The Morgan fingerprint density at radius 3 is 2.50 bits per heavy atom. The van der Waals surface area contributed by atoms with Crippen LogP contribution < -0.4 is 0 Å². The van der Waals surface area contributed by atoms with Gasteiger partial charge in [-0.3, -0.25) is 0 Å². The van der Waals surface area contributed by atoms with Crippen LogP contribution in [0.3, 0.4) is 0 Å². The summed E-state index contributed by atoms with van der Waals surface area (Å²) in [6, 6.07) is 0. The number of aliphatic hydroxyl groups is 6. The minimum absolute atomic E-state index is 0.00543. The lowest BCUT2D eigenvalue weighted by Gasteiger charge is -2.40. The third-order valence-electron chi connectivity index (χ3n) is 3.91. The lowest BCUT2D eigenvalue weighted by Crippen LogP contribution is -2.60. The van der Waals surface area contributed by atoms with Crippen molar-refractivity contribution >= 4 is 0 Å². The Morgan fingerprint density at radius 1 is 1.11 bits per heavy atom. The second-order valence-corrected chi connectivity index (χ2v) is 6.08. The summed E-state index contributed by atoms with van der Waals surface area (Å²) in [7, 11) is 0. The third-order valence-corrected chi connectivity index (χ3v) is 3.91. The molecule has 28 heavy (non-hydrogen) atoms. The van der Waals surface area contributed by atoms with Crippen molar-refractivity contribution in [3.05, 3.63) is 24.3 Å². The first kappa shape index (κ1) is 24.3. The number of hydrogen-bond acceptors (Lipinski definition) is 8. The van der Waals surface area contributed by atoms with Crippen LogP contribution in [0.25, 0.3) is 0 Å². The predicted molar refractivity (Wildman–Crippen MR) is 100 cm³/mol. The first-order valence-corrected chi connectivity index (χ1v) is 9.00. The summed E-state index contributed by atoms with van der Waals surface area (Å²) < 4.78 is 10.9. The SMILES string of the molecule is C/C=C/C#CC#C[C@H](O)[C@@H](/C=C/CCCO)O[C@@H]1O[C@H](CO)[C@H](O)[C@H](O)[C@H]1O. The molecular weight excluding hydrogens is 368 g/mol. The lowest BCUT2D eigenvalue weighted by molar-refractivity contribution is -0.311. The molecule has 0 aromatic carbocycles. The van der Waals surface area contributed by atoms with Crippen molar-refractivity contribution < 1.29 is 40.1 Å². The number of allylic oxidation sites excluding steroid dienone is 3. The van der Waals surface area contributed by atoms with Gasteiger partial charge in [0.2, 0.25) is 0 Å². The molecule has 0 saturated carbocycles. The van der Waals surface area contributed by atoms with Gasteiger partial charge in [-0.05, 0) is 37.7 Å². The summed E-state index contributed by atoms with van der Waals surface area (Å²) in [5.41, 5.74) is 0. The first-order valence-electron chi connectivity index (χ1n) is 9.00. The van der Waals surface area contributed by atoms with E-state index >= 15 is 0 Å². The smallest absolute Gasteiger partial charge is 0.187 e. The molecule has 1 aliphatic rings. The van der Waals surface area contributed by atoms with Crippen LogP contribution in [-0.2, 0) is 9.47 Å². The number of unbranched alkanes of at least 4 members (excludes halogenated alkanes) is 1. The van der Waals surface area contributed by atoms with Crippen LogP contribution in [0.1, 0.15) is 19.8 Å². The van der Waals surface area contributed by atoms with E-state index in [2.05, 4.69) is 23.7 Å². The molecule has 7 atom stereocenters. The van der Waals surface area contributed by atoms with Gasteiger partial charge in [0.1, 0.15) is 36.6 Å². The quantitative estimate of drug-likeness (QED) is 0.165. The fourth-order valence-electron chi connectivity index (χ4n) is 2.35. The average molecular weight is 396 g/mol. The third kappa shape index (κ3) is 7.72. The molecule has 1 aliphatic heterocycles. The van der Waals surface area contributed by atoms with Gasteiger partial charge in [0.25, 0.3) is 0 Å². The van der Waals surface area contributed by atoms with E-state index in [0.29, 0.717) is 12.8 Å². The molecule has 0 radical (unpaired) electrons. The van der Waals surface area contributed by atoms with Gasteiger partial charge in [-0.15, -0.1) is 0 Å². The molecule has 0 aromatic heterocycles. The molecule has 0 aliphatic carbocycles. The van der Waals surface area contributed by atoms with Crippen molar-refractivity contribution in [3.8, 4) is 23.7 Å². The Bertz CT molecular complexity index is 622. The first-order chi connectivity index (χ1) is 13.5. The Kier molecular flexibility index (Phi) is 11.7. The molecule has 8 nitrogen and oxygen atoms in total. The molecule has 1 rings (SSSR count). The maximum atomic E-state index is 10.3. The van der Waals surface area contributed by atoms with Gasteiger partial charge >= 0.3 is 0 Å². The van der Waals surface area contributed by atoms with E-state index in [9.17, 15) is 25.5 Å². The highest BCUT2D eigenvalue weighted by Gasteiger charge is 2.45. The van der Waals surface area contributed by atoms with E-state index in [0.717, 1.165) is 0 Å².